The van der Waals surface area contributed by atoms with E-state index in [1.807, 2.05) is 78.9 Å². The molecule has 6 aromatic carbocycles. The first-order chi connectivity index (χ1) is 25.7. The quantitative estimate of drug-likeness (QED) is 0.143. The van der Waals surface area contributed by atoms with Gasteiger partial charge in [-0.05, 0) is 40.1 Å². The van der Waals surface area contributed by atoms with E-state index in [0.29, 0.717) is 23.3 Å². The maximum Gasteiger partial charge on any atom is 0.164 e. The van der Waals surface area contributed by atoms with Crippen LogP contribution in [0, 0.1) is 0 Å². The molecule has 8 aromatic rings. The number of aromatic nitrogens is 5. The summed E-state index contributed by atoms with van der Waals surface area (Å²) >= 11 is 0. The maximum atomic E-state index is 5.05. The summed E-state index contributed by atoms with van der Waals surface area (Å²) < 4.78 is 0. The van der Waals surface area contributed by atoms with E-state index in [2.05, 4.69) is 98.1 Å². The Morgan fingerprint density at radius 3 is 1.58 bits per heavy atom. The summed E-state index contributed by atoms with van der Waals surface area (Å²) in [5, 5.41) is 2.28. The van der Waals surface area contributed by atoms with Crippen LogP contribution in [0.25, 0.3) is 84.2 Å². The number of allylic oxidation sites excluding steroid dienone is 4. The lowest BCUT2D eigenvalue weighted by Gasteiger charge is -2.13. The predicted molar refractivity (Wildman–Crippen MR) is 214 cm³/mol. The average molecular weight is 668 g/mol. The summed E-state index contributed by atoms with van der Waals surface area (Å²) in [5.41, 5.74) is 9.27. The van der Waals surface area contributed by atoms with Crippen LogP contribution in [-0.2, 0) is 0 Å². The van der Waals surface area contributed by atoms with Crippen LogP contribution in [0.4, 0.5) is 0 Å². The van der Waals surface area contributed by atoms with Gasteiger partial charge < -0.3 is 0 Å². The minimum atomic E-state index is 0.584. The zero-order valence-corrected chi connectivity index (χ0v) is 28.4. The predicted octanol–water partition coefficient (Wildman–Crippen LogP) is 11.6. The molecule has 2 aromatic heterocycles. The SMILES string of the molecule is C=C/C=C(\C=C)c1nc(-c2cccc(-c3cccc(-c4nc(-c5ccccc5)nc(-c5ccccc5)n4)c3)c2)cc(-c2cccc3ccccc23)n1. The number of rotatable bonds is 9. The monoisotopic (exact) mass is 667 g/mol. The zero-order chi connectivity index (χ0) is 35.3. The molecule has 0 fully saturated rings. The van der Waals surface area contributed by atoms with Gasteiger partial charge in [0.25, 0.3) is 0 Å². The third-order valence-electron chi connectivity index (χ3n) is 8.88. The molecule has 0 bridgehead atoms. The fraction of sp³-hybridized carbons (Fsp3) is 0. The van der Waals surface area contributed by atoms with Gasteiger partial charge in [0.15, 0.2) is 23.3 Å². The average Bonchev–Trinajstić information content (AvgIpc) is 3.23. The number of benzene rings is 6. The van der Waals surface area contributed by atoms with Gasteiger partial charge in [0, 0.05) is 33.4 Å². The van der Waals surface area contributed by atoms with Crippen molar-refractivity contribution in [3.8, 4) is 67.8 Å². The van der Waals surface area contributed by atoms with Gasteiger partial charge in [-0.25, -0.2) is 24.9 Å². The van der Waals surface area contributed by atoms with Crippen LogP contribution in [0.3, 0.4) is 0 Å². The Morgan fingerprint density at radius 2 is 0.923 bits per heavy atom. The molecule has 0 aliphatic heterocycles. The summed E-state index contributed by atoms with van der Waals surface area (Å²) in [6.07, 6.45) is 5.38. The van der Waals surface area contributed by atoms with Crippen molar-refractivity contribution in [1.29, 1.82) is 0 Å². The normalized spacial score (nSPS) is 11.3. The molecule has 246 valence electrons. The smallest absolute Gasteiger partial charge is 0.164 e. The molecule has 0 aliphatic carbocycles. The van der Waals surface area contributed by atoms with E-state index in [9.17, 15) is 0 Å². The highest BCUT2D eigenvalue weighted by atomic mass is 15.0. The van der Waals surface area contributed by atoms with Gasteiger partial charge in [-0.3, -0.25) is 0 Å². The Bertz CT molecular complexity index is 2550. The molecule has 5 nitrogen and oxygen atoms in total. The molecule has 0 atom stereocenters. The van der Waals surface area contributed by atoms with Crippen molar-refractivity contribution in [1.82, 2.24) is 24.9 Å². The topological polar surface area (TPSA) is 64.5 Å². The third kappa shape index (κ3) is 6.59. The van der Waals surface area contributed by atoms with E-state index < -0.39 is 0 Å². The van der Waals surface area contributed by atoms with E-state index in [4.69, 9.17) is 24.9 Å². The van der Waals surface area contributed by atoms with Crippen molar-refractivity contribution in [2.24, 2.45) is 0 Å². The number of hydrogen-bond acceptors (Lipinski definition) is 5. The third-order valence-corrected chi connectivity index (χ3v) is 8.88. The maximum absolute atomic E-state index is 5.05. The van der Waals surface area contributed by atoms with Gasteiger partial charge in [0.2, 0.25) is 0 Å². The van der Waals surface area contributed by atoms with Crippen LogP contribution in [0.15, 0.2) is 189 Å². The highest BCUT2D eigenvalue weighted by Crippen LogP contribution is 2.34. The molecule has 0 unspecified atom stereocenters. The van der Waals surface area contributed by atoms with Gasteiger partial charge in [0.05, 0.1) is 11.4 Å². The zero-order valence-electron chi connectivity index (χ0n) is 28.4. The molecule has 0 aliphatic rings. The lowest BCUT2D eigenvalue weighted by molar-refractivity contribution is 1.07. The molecule has 0 saturated carbocycles. The van der Waals surface area contributed by atoms with Crippen LogP contribution >= 0.6 is 0 Å². The van der Waals surface area contributed by atoms with Gasteiger partial charge in [-0.15, -0.1) is 0 Å². The standard InChI is InChI=1S/C47H33N5/c1-3-16-32(4-2)44-48-42(31-43(49-44)41-28-15-22-33-17-11-12-27-40(33)41)38-25-13-23-36(29-38)37-24-14-26-39(30-37)47-51-45(34-18-7-5-8-19-34)50-46(52-47)35-20-9-6-10-21-35/h3-31H,1-2H2/b32-16+. The summed E-state index contributed by atoms with van der Waals surface area (Å²) in [6.45, 7) is 7.93. The molecule has 8 rings (SSSR count). The lowest BCUT2D eigenvalue weighted by atomic mass is 9.98. The molecule has 52 heavy (non-hydrogen) atoms. The molecular weight excluding hydrogens is 635 g/mol. The minimum absolute atomic E-state index is 0.584. The lowest BCUT2D eigenvalue weighted by Crippen LogP contribution is -2.00. The van der Waals surface area contributed by atoms with Crippen LogP contribution < -0.4 is 0 Å². The summed E-state index contributed by atoms with van der Waals surface area (Å²) in [4.78, 5) is 24.8. The number of nitrogens with zero attached hydrogens (tertiary/aromatic N) is 5. The number of fused-ring (bicyclic) bond motifs is 1. The van der Waals surface area contributed by atoms with Gasteiger partial charge in [-0.1, -0.05) is 171 Å². The first kappa shape index (κ1) is 32.1. The van der Waals surface area contributed by atoms with E-state index in [1.54, 1.807) is 12.2 Å². The second kappa shape index (κ2) is 14.4. The van der Waals surface area contributed by atoms with Gasteiger partial charge in [0.1, 0.15) is 0 Å². The molecule has 2 heterocycles. The highest BCUT2D eigenvalue weighted by Gasteiger charge is 2.15. The number of hydrogen-bond donors (Lipinski definition) is 0. The molecule has 5 heteroatoms. The van der Waals surface area contributed by atoms with E-state index in [0.717, 1.165) is 66.7 Å². The van der Waals surface area contributed by atoms with Crippen molar-refractivity contribution in [2.45, 2.75) is 0 Å². The molecule has 0 radical (unpaired) electrons. The highest BCUT2D eigenvalue weighted by molar-refractivity contribution is 5.96. The molecule has 0 N–H and O–H groups in total. The van der Waals surface area contributed by atoms with Crippen LogP contribution in [0.1, 0.15) is 5.82 Å². The first-order valence-electron chi connectivity index (χ1n) is 17.1. The Kier molecular flexibility index (Phi) is 8.89. The molecule has 0 saturated heterocycles. The van der Waals surface area contributed by atoms with Crippen LogP contribution in [-0.4, -0.2) is 24.9 Å². The first-order valence-corrected chi connectivity index (χ1v) is 17.1. The second-order valence-electron chi connectivity index (χ2n) is 12.3. The molecular formula is C47H33N5. The summed E-state index contributed by atoms with van der Waals surface area (Å²) in [7, 11) is 0. The Morgan fingerprint density at radius 1 is 0.423 bits per heavy atom. The van der Waals surface area contributed by atoms with Crippen molar-refractivity contribution >= 4 is 16.3 Å². The second-order valence-corrected chi connectivity index (χ2v) is 12.3. The van der Waals surface area contributed by atoms with Crippen LogP contribution in [0.5, 0.6) is 0 Å². The fourth-order valence-corrected chi connectivity index (χ4v) is 6.31. The summed E-state index contributed by atoms with van der Waals surface area (Å²) in [6, 6.07) is 53.5. The fourth-order valence-electron chi connectivity index (χ4n) is 6.31. The van der Waals surface area contributed by atoms with Crippen molar-refractivity contribution in [3.63, 3.8) is 0 Å². The van der Waals surface area contributed by atoms with E-state index in [-0.39, 0.29) is 0 Å². The molecule has 0 spiro atoms. The van der Waals surface area contributed by atoms with E-state index in [1.165, 1.54) is 0 Å². The van der Waals surface area contributed by atoms with Gasteiger partial charge >= 0.3 is 0 Å². The summed E-state index contributed by atoms with van der Waals surface area (Å²) in [5.74, 6) is 2.45. The van der Waals surface area contributed by atoms with Crippen molar-refractivity contribution in [2.75, 3.05) is 0 Å². The van der Waals surface area contributed by atoms with Gasteiger partial charge in [-0.2, -0.15) is 0 Å². The largest absolute Gasteiger partial charge is 0.228 e. The minimum Gasteiger partial charge on any atom is -0.228 e. The van der Waals surface area contributed by atoms with Crippen molar-refractivity contribution < 1.29 is 0 Å². The molecule has 0 amide bonds. The Hall–Kier alpha value is -7.11. The van der Waals surface area contributed by atoms with Crippen molar-refractivity contribution in [3.05, 3.63) is 195 Å². The van der Waals surface area contributed by atoms with Crippen LogP contribution in [0.2, 0.25) is 0 Å². The van der Waals surface area contributed by atoms with E-state index >= 15 is 0 Å². The Balaban J connectivity index is 1.23. The Labute approximate surface area is 303 Å².